The SMILES string of the molecule is COc1cc(OC)c(SCl)cc1Cl. The molecule has 0 spiro atoms. The second-order valence-electron chi connectivity index (χ2n) is 2.21. The molecule has 0 fully saturated rings. The van der Waals surface area contributed by atoms with E-state index < -0.39 is 0 Å². The van der Waals surface area contributed by atoms with Crippen LogP contribution in [0.5, 0.6) is 11.5 Å². The first kappa shape index (κ1) is 10.8. The largest absolute Gasteiger partial charge is 0.495 e. The Labute approximate surface area is 90.6 Å². The van der Waals surface area contributed by atoms with Crippen LogP contribution in [0.1, 0.15) is 0 Å². The number of halogens is 2. The molecule has 0 amide bonds. The molecule has 0 aromatic heterocycles. The first-order valence-corrected chi connectivity index (χ1v) is 5.45. The number of hydrogen-bond acceptors (Lipinski definition) is 3. The molecule has 1 aromatic rings. The molecule has 1 aromatic carbocycles. The summed E-state index contributed by atoms with van der Waals surface area (Å²) in [5.41, 5.74) is 0. The summed E-state index contributed by atoms with van der Waals surface area (Å²) in [6, 6.07) is 3.41. The maximum absolute atomic E-state index is 5.88. The number of ether oxygens (including phenoxy) is 2. The van der Waals surface area contributed by atoms with Gasteiger partial charge in [-0.3, -0.25) is 0 Å². The van der Waals surface area contributed by atoms with E-state index in [9.17, 15) is 0 Å². The minimum atomic E-state index is 0.520. The van der Waals surface area contributed by atoms with E-state index >= 15 is 0 Å². The lowest BCUT2D eigenvalue weighted by Gasteiger charge is -2.08. The lowest BCUT2D eigenvalue weighted by molar-refractivity contribution is 0.388. The van der Waals surface area contributed by atoms with Crippen molar-refractivity contribution in [2.45, 2.75) is 4.90 Å². The lowest BCUT2D eigenvalue weighted by Crippen LogP contribution is -1.89. The van der Waals surface area contributed by atoms with Gasteiger partial charge in [-0.2, -0.15) is 0 Å². The van der Waals surface area contributed by atoms with Crippen LogP contribution < -0.4 is 9.47 Å². The predicted molar refractivity (Wildman–Crippen MR) is 56.3 cm³/mol. The van der Waals surface area contributed by atoms with E-state index in [-0.39, 0.29) is 0 Å². The zero-order valence-corrected chi connectivity index (χ0v) is 9.46. The highest BCUT2D eigenvalue weighted by Crippen LogP contribution is 2.39. The fraction of sp³-hybridized carbons (Fsp3) is 0.250. The van der Waals surface area contributed by atoms with Gasteiger partial charge in [0.25, 0.3) is 0 Å². The second-order valence-corrected chi connectivity index (χ2v) is 3.68. The Bertz CT molecular complexity index is 304. The molecule has 13 heavy (non-hydrogen) atoms. The van der Waals surface area contributed by atoms with Gasteiger partial charge in [-0.05, 0) is 27.7 Å². The number of benzene rings is 1. The summed E-state index contributed by atoms with van der Waals surface area (Å²) in [5, 5.41) is 0.520. The third kappa shape index (κ3) is 2.36. The van der Waals surface area contributed by atoms with E-state index in [1.807, 2.05) is 0 Å². The van der Waals surface area contributed by atoms with Gasteiger partial charge in [0.1, 0.15) is 11.5 Å². The fourth-order valence-electron chi connectivity index (χ4n) is 0.893. The highest BCUT2D eigenvalue weighted by atomic mass is 35.7. The average molecular weight is 239 g/mol. The van der Waals surface area contributed by atoms with Crippen molar-refractivity contribution >= 4 is 33.3 Å². The minimum Gasteiger partial charge on any atom is -0.495 e. The zero-order valence-electron chi connectivity index (χ0n) is 7.14. The molecule has 0 aliphatic carbocycles. The van der Waals surface area contributed by atoms with E-state index in [1.165, 1.54) is 0 Å². The number of hydrogen-bond donors (Lipinski definition) is 0. The van der Waals surface area contributed by atoms with Gasteiger partial charge >= 0.3 is 0 Å². The van der Waals surface area contributed by atoms with Crippen molar-refractivity contribution in [2.24, 2.45) is 0 Å². The highest BCUT2D eigenvalue weighted by Gasteiger charge is 2.09. The fourth-order valence-corrected chi connectivity index (χ4v) is 1.94. The summed E-state index contributed by atoms with van der Waals surface area (Å²) in [7, 11) is 9.79. The van der Waals surface area contributed by atoms with Crippen LogP contribution >= 0.6 is 33.3 Å². The summed E-state index contributed by atoms with van der Waals surface area (Å²) < 4.78 is 10.1. The van der Waals surface area contributed by atoms with Gasteiger partial charge < -0.3 is 9.47 Å². The molecule has 0 heterocycles. The van der Waals surface area contributed by atoms with Crippen LogP contribution in [0.4, 0.5) is 0 Å². The van der Waals surface area contributed by atoms with Gasteiger partial charge in [0.05, 0.1) is 24.1 Å². The van der Waals surface area contributed by atoms with Crippen molar-refractivity contribution in [3.63, 3.8) is 0 Å². The molecule has 0 atom stereocenters. The number of rotatable bonds is 3. The highest BCUT2D eigenvalue weighted by molar-refractivity contribution is 8.21. The van der Waals surface area contributed by atoms with Crippen molar-refractivity contribution in [1.29, 1.82) is 0 Å². The molecule has 0 saturated carbocycles. The van der Waals surface area contributed by atoms with Crippen molar-refractivity contribution in [3.8, 4) is 11.5 Å². The van der Waals surface area contributed by atoms with Crippen LogP contribution in [0.2, 0.25) is 5.02 Å². The summed E-state index contributed by atoms with van der Waals surface area (Å²) in [4.78, 5) is 0.773. The summed E-state index contributed by atoms with van der Waals surface area (Å²) >= 11 is 5.88. The van der Waals surface area contributed by atoms with E-state index in [1.54, 1.807) is 26.4 Å². The van der Waals surface area contributed by atoms with E-state index in [0.717, 1.165) is 15.9 Å². The van der Waals surface area contributed by atoms with Crippen molar-refractivity contribution in [2.75, 3.05) is 14.2 Å². The summed E-state index contributed by atoms with van der Waals surface area (Å²) in [5.74, 6) is 1.23. The molecule has 0 N–H and O–H groups in total. The molecule has 5 heteroatoms. The molecule has 0 saturated heterocycles. The topological polar surface area (TPSA) is 18.5 Å². The smallest absolute Gasteiger partial charge is 0.141 e. The van der Waals surface area contributed by atoms with Crippen LogP contribution in [0, 0.1) is 0 Å². The molecule has 1 rings (SSSR count). The van der Waals surface area contributed by atoms with Gasteiger partial charge in [0.15, 0.2) is 0 Å². The monoisotopic (exact) mass is 238 g/mol. The summed E-state index contributed by atoms with van der Waals surface area (Å²) in [6.07, 6.45) is 0. The van der Waals surface area contributed by atoms with Crippen LogP contribution in [-0.2, 0) is 0 Å². The molecular weight excluding hydrogens is 231 g/mol. The summed E-state index contributed by atoms with van der Waals surface area (Å²) in [6.45, 7) is 0. The van der Waals surface area contributed by atoms with E-state index in [0.29, 0.717) is 16.5 Å². The molecule has 72 valence electrons. The molecule has 0 aliphatic heterocycles. The maximum Gasteiger partial charge on any atom is 0.141 e. The Kier molecular flexibility index (Phi) is 4.03. The first-order valence-electron chi connectivity index (χ1n) is 3.43. The molecule has 0 radical (unpaired) electrons. The third-order valence-corrected chi connectivity index (χ3v) is 2.80. The van der Waals surface area contributed by atoms with Crippen LogP contribution in [0.25, 0.3) is 0 Å². The molecule has 0 aliphatic rings. The van der Waals surface area contributed by atoms with Gasteiger partial charge in [-0.15, -0.1) is 0 Å². The van der Waals surface area contributed by atoms with Crippen LogP contribution in [-0.4, -0.2) is 14.2 Å². The van der Waals surface area contributed by atoms with Gasteiger partial charge in [0, 0.05) is 6.07 Å². The Morgan fingerprint density at radius 1 is 1.15 bits per heavy atom. The van der Waals surface area contributed by atoms with Gasteiger partial charge in [0.2, 0.25) is 0 Å². The van der Waals surface area contributed by atoms with Crippen LogP contribution in [0.15, 0.2) is 17.0 Å². The second kappa shape index (κ2) is 4.84. The van der Waals surface area contributed by atoms with E-state index in [2.05, 4.69) is 0 Å². The average Bonchev–Trinajstić information content (AvgIpc) is 2.17. The Balaban J connectivity index is 3.18. The Morgan fingerprint density at radius 2 is 1.77 bits per heavy atom. The maximum atomic E-state index is 5.88. The number of methoxy groups -OCH3 is 2. The molecular formula is C8H8Cl2O2S. The van der Waals surface area contributed by atoms with Gasteiger partial charge in [-0.25, -0.2) is 0 Å². The van der Waals surface area contributed by atoms with Crippen molar-refractivity contribution in [3.05, 3.63) is 17.2 Å². The van der Waals surface area contributed by atoms with E-state index in [4.69, 9.17) is 31.8 Å². The molecule has 0 unspecified atom stereocenters. The normalized spacial score (nSPS) is 9.85. The standard InChI is InChI=1S/C8H8Cl2O2S/c1-11-6-4-7(12-2)8(13-10)3-5(6)9/h3-4H,1-2H3. The first-order chi connectivity index (χ1) is 6.22. The molecule has 0 bridgehead atoms. The van der Waals surface area contributed by atoms with Crippen molar-refractivity contribution in [1.82, 2.24) is 0 Å². The van der Waals surface area contributed by atoms with Crippen molar-refractivity contribution < 1.29 is 9.47 Å². The predicted octanol–water partition coefficient (Wildman–Crippen LogP) is 3.60. The Morgan fingerprint density at radius 3 is 2.23 bits per heavy atom. The minimum absolute atomic E-state index is 0.520. The van der Waals surface area contributed by atoms with Gasteiger partial charge in [-0.1, -0.05) is 11.6 Å². The Hall–Kier alpha value is -0.250. The third-order valence-electron chi connectivity index (χ3n) is 1.52. The lowest BCUT2D eigenvalue weighted by atomic mass is 10.3. The molecule has 2 nitrogen and oxygen atoms in total. The van der Waals surface area contributed by atoms with Crippen LogP contribution in [0.3, 0.4) is 0 Å². The zero-order chi connectivity index (χ0) is 9.84. The quantitative estimate of drug-likeness (QED) is 0.802.